The number of aliphatic hydroxyl groups excluding tert-OH is 1. The smallest absolute Gasteiger partial charge is 0.334 e. The molecule has 2 aromatic heterocycles. The van der Waals surface area contributed by atoms with Gasteiger partial charge in [-0.3, -0.25) is 9.59 Å². The molecule has 0 unspecified atom stereocenters. The van der Waals surface area contributed by atoms with Crippen LogP contribution in [0.4, 0.5) is 5.69 Å². The number of thiophene rings is 1. The molecule has 7 nitrogen and oxygen atoms in total. The van der Waals surface area contributed by atoms with E-state index in [-0.39, 0.29) is 17.9 Å². The van der Waals surface area contributed by atoms with E-state index in [2.05, 4.69) is 4.98 Å². The van der Waals surface area contributed by atoms with Crippen molar-refractivity contribution in [2.24, 2.45) is 0 Å². The number of H-pyrrole nitrogens is 1. The maximum absolute atomic E-state index is 13.0. The predicted octanol–water partition coefficient (Wildman–Crippen LogP) is 2.51. The van der Waals surface area contributed by atoms with Crippen molar-refractivity contribution in [1.29, 1.82) is 0 Å². The Balaban J connectivity index is 1.79. The summed E-state index contributed by atoms with van der Waals surface area (Å²) < 4.78 is 0.992. The quantitative estimate of drug-likeness (QED) is 0.543. The van der Waals surface area contributed by atoms with Gasteiger partial charge >= 0.3 is 5.69 Å². The van der Waals surface area contributed by atoms with Crippen molar-refractivity contribution in [3.05, 3.63) is 91.9 Å². The van der Waals surface area contributed by atoms with Crippen LogP contribution in [-0.2, 0) is 6.61 Å². The summed E-state index contributed by atoms with van der Waals surface area (Å²) in [7, 11) is 1.66. The lowest BCUT2D eigenvalue weighted by atomic mass is 10.1. The first kappa shape index (κ1) is 18.9. The van der Waals surface area contributed by atoms with Crippen LogP contribution in [0, 0.1) is 0 Å². The van der Waals surface area contributed by atoms with Crippen molar-refractivity contribution in [2.75, 3.05) is 11.9 Å². The molecule has 0 spiro atoms. The highest BCUT2D eigenvalue weighted by Crippen LogP contribution is 2.22. The Bertz CT molecular complexity index is 1320. The highest BCUT2D eigenvalue weighted by molar-refractivity contribution is 7.12. The van der Waals surface area contributed by atoms with Crippen LogP contribution in [0.25, 0.3) is 15.9 Å². The van der Waals surface area contributed by atoms with Gasteiger partial charge in [-0.2, -0.15) is 0 Å². The van der Waals surface area contributed by atoms with Gasteiger partial charge in [0.25, 0.3) is 11.5 Å². The number of amides is 1. The normalized spacial score (nSPS) is 11.0. The third-order valence-electron chi connectivity index (χ3n) is 4.68. The third kappa shape index (κ3) is 3.28. The number of nitrogens with one attached hydrogen (secondary N) is 1. The zero-order valence-electron chi connectivity index (χ0n) is 15.5. The number of fused-ring (bicyclic) bond motifs is 1. The number of nitrogens with zero attached hydrogens (tertiary/aromatic N) is 2. The number of carbonyl (C=O) groups excluding carboxylic acids is 1. The largest absolute Gasteiger partial charge is 0.392 e. The Morgan fingerprint density at radius 2 is 1.90 bits per heavy atom. The summed E-state index contributed by atoms with van der Waals surface area (Å²) in [6.45, 7) is -0.325. The molecule has 8 heteroatoms. The van der Waals surface area contributed by atoms with E-state index in [0.29, 0.717) is 21.6 Å². The molecule has 0 aliphatic carbocycles. The van der Waals surface area contributed by atoms with Crippen LogP contribution in [0.15, 0.2) is 69.6 Å². The molecule has 0 saturated heterocycles. The van der Waals surface area contributed by atoms with E-state index in [1.54, 1.807) is 30.6 Å². The lowest BCUT2D eigenvalue weighted by Gasteiger charge is -2.16. The SMILES string of the molecule is CN(C(=O)c1csc(-n2c(=O)[nH]c3cccc(CO)c3c2=O)c1)c1ccccc1. The van der Waals surface area contributed by atoms with E-state index in [1.165, 1.54) is 11.0 Å². The summed E-state index contributed by atoms with van der Waals surface area (Å²) in [6, 6.07) is 15.6. The topological polar surface area (TPSA) is 95.4 Å². The van der Waals surface area contributed by atoms with Gasteiger partial charge in [-0.1, -0.05) is 30.3 Å². The van der Waals surface area contributed by atoms with E-state index >= 15 is 0 Å². The number of hydrogen-bond acceptors (Lipinski definition) is 5. The fourth-order valence-corrected chi connectivity index (χ4v) is 4.06. The number of carbonyl (C=O) groups is 1. The van der Waals surface area contributed by atoms with Crippen LogP contribution in [0.3, 0.4) is 0 Å². The van der Waals surface area contributed by atoms with E-state index in [0.717, 1.165) is 21.6 Å². The van der Waals surface area contributed by atoms with Crippen LogP contribution in [-0.4, -0.2) is 27.6 Å². The van der Waals surface area contributed by atoms with Crippen LogP contribution in [0.2, 0.25) is 0 Å². The van der Waals surface area contributed by atoms with Gasteiger partial charge in [0.15, 0.2) is 0 Å². The second-order valence-corrected chi connectivity index (χ2v) is 7.33. The third-order valence-corrected chi connectivity index (χ3v) is 5.60. The molecule has 1 amide bonds. The van der Waals surface area contributed by atoms with Crippen molar-refractivity contribution in [3.63, 3.8) is 0 Å². The number of rotatable bonds is 4. The van der Waals surface area contributed by atoms with Gasteiger partial charge in [0.2, 0.25) is 0 Å². The second-order valence-electron chi connectivity index (χ2n) is 6.44. The molecule has 2 aromatic carbocycles. The predicted molar refractivity (Wildman–Crippen MR) is 113 cm³/mol. The summed E-state index contributed by atoms with van der Waals surface area (Å²) in [5.41, 5.74) is 0.755. The Kier molecular flexibility index (Phi) is 4.87. The molecule has 0 fully saturated rings. The van der Waals surface area contributed by atoms with E-state index < -0.39 is 11.2 Å². The summed E-state index contributed by atoms with van der Waals surface area (Å²) in [5, 5.41) is 11.7. The van der Waals surface area contributed by atoms with Crippen LogP contribution in [0.5, 0.6) is 0 Å². The highest BCUT2D eigenvalue weighted by Gasteiger charge is 2.18. The standard InChI is InChI=1S/C21H17N3O4S/c1-23(15-7-3-2-4-8-15)19(26)14-10-17(29-12-14)24-20(27)18-13(11-25)6-5-9-16(18)22-21(24)28/h2-10,12,25H,11H2,1H3,(H,22,28). The molecule has 2 heterocycles. The van der Waals surface area contributed by atoms with Gasteiger partial charge in [-0.15, -0.1) is 11.3 Å². The van der Waals surface area contributed by atoms with Crippen molar-refractivity contribution in [1.82, 2.24) is 9.55 Å². The highest BCUT2D eigenvalue weighted by atomic mass is 32.1. The number of aliphatic hydroxyl groups is 1. The van der Waals surface area contributed by atoms with Gasteiger partial charge in [0, 0.05) is 18.1 Å². The first-order chi connectivity index (χ1) is 14.0. The average Bonchev–Trinajstić information content (AvgIpc) is 3.22. The van der Waals surface area contributed by atoms with Crippen molar-refractivity contribution < 1.29 is 9.90 Å². The van der Waals surface area contributed by atoms with Crippen LogP contribution in [0.1, 0.15) is 15.9 Å². The molecule has 146 valence electrons. The number of aromatic amines is 1. The Labute approximate surface area is 169 Å². The summed E-state index contributed by atoms with van der Waals surface area (Å²) >= 11 is 1.13. The average molecular weight is 407 g/mol. The Morgan fingerprint density at radius 1 is 1.14 bits per heavy atom. The van der Waals surface area contributed by atoms with Gasteiger partial charge in [-0.05, 0) is 29.8 Å². The molecule has 0 atom stereocenters. The molecule has 2 N–H and O–H groups in total. The van der Waals surface area contributed by atoms with Gasteiger partial charge in [0.1, 0.15) is 5.00 Å². The molecular formula is C21H17N3O4S. The number of benzene rings is 2. The van der Waals surface area contributed by atoms with Gasteiger partial charge in [0.05, 0.1) is 23.1 Å². The minimum absolute atomic E-state index is 0.247. The fourth-order valence-electron chi connectivity index (χ4n) is 3.18. The second kappa shape index (κ2) is 7.50. The fraction of sp³-hybridized carbons (Fsp3) is 0.0952. The Morgan fingerprint density at radius 3 is 2.62 bits per heavy atom. The summed E-state index contributed by atoms with van der Waals surface area (Å²) in [6.07, 6.45) is 0. The number of anilines is 1. The number of aromatic nitrogens is 2. The zero-order valence-corrected chi connectivity index (χ0v) is 16.3. The van der Waals surface area contributed by atoms with Crippen molar-refractivity contribution in [3.8, 4) is 5.00 Å². The molecule has 0 aliphatic heterocycles. The maximum Gasteiger partial charge on any atom is 0.334 e. The monoisotopic (exact) mass is 407 g/mol. The van der Waals surface area contributed by atoms with E-state index in [9.17, 15) is 19.5 Å². The lowest BCUT2D eigenvalue weighted by Crippen LogP contribution is -2.33. The van der Waals surface area contributed by atoms with E-state index in [1.807, 2.05) is 30.3 Å². The van der Waals surface area contributed by atoms with Crippen LogP contribution >= 0.6 is 11.3 Å². The molecule has 29 heavy (non-hydrogen) atoms. The maximum atomic E-state index is 13.0. The molecule has 0 radical (unpaired) electrons. The first-order valence-electron chi connectivity index (χ1n) is 8.81. The molecular weight excluding hydrogens is 390 g/mol. The summed E-state index contributed by atoms with van der Waals surface area (Å²) in [5.74, 6) is -0.250. The zero-order chi connectivity index (χ0) is 20.5. The lowest BCUT2D eigenvalue weighted by molar-refractivity contribution is 0.0993. The first-order valence-corrected chi connectivity index (χ1v) is 9.69. The molecule has 4 aromatic rings. The molecule has 0 bridgehead atoms. The molecule has 0 aliphatic rings. The number of para-hydroxylation sites is 1. The minimum Gasteiger partial charge on any atom is -0.392 e. The molecule has 0 saturated carbocycles. The van der Waals surface area contributed by atoms with Gasteiger partial charge in [-0.25, -0.2) is 9.36 Å². The number of hydrogen-bond donors (Lipinski definition) is 2. The minimum atomic E-state index is -0.602. The summed E-state index contributed by atoms with van der Waals surface area (Å²) in [4.78, 5) is 42.5. The van der Waals surface area contributed by atoms with Crippen molar-refractivity contribution >= 4 is 33.8 Å². The Hall–Kier alpha value is -3.49. The van der Waals surface area contributed by atoms with E-state index in [4.69, 9.17) is 0 Å². The van der Waals surface area contributed by atoms with Crippen molar-refractivity contribution in [2.45, 2.75) is 6.61 Å². The van der Waals surface area contributed by atoms with Gasteiger partial charge < -0.3 is 15.0 Å². The van der Waals surface area contributed by atoms with Crippen LogP contribution < -0.4 is 16.1 Å². The molecule has 4 rings (SSSR count).